The molecule has 0 aliphatic carbocycles. The van der Waals surface area contributed by atoms with E-state index in [9.17, 15) is 9.90 Å². The summed E-state index contributed by atoms with van der Waals surface area (Å²) in [6.07, 6.45) is 5.02. The van der Waals surface area contributed by atoms with Crippen molar-refractivity contribution >= 4 is 6.09 Å². The molecule has 0 aromatic rings. The zero-order valence-electron chi connectivity index (χ0n) is 13.7. The summed E-state index contributed by atoms with van der Waals surface area (Å²) < 4.78 is 5.45. The number of likely N-dealkylation sites (tertiary alicyclic amines) is 1. The Balaban J connectivity index is 1.71. The van der Waals surface area contributed by atoms with Crippen LogP contribution >= 0.6 is 0 Å². The lowest BCUT2D eigenvalue weighted by molar-refractivity contribution is -0.0210. The largest absolute Gasteiger partial charge is 0.444 e. The zero-order chi connectivity index (χ0) is 15.5. The highest BCUT2D eigenvalue weighted by Gasteiger charge is 2.34. The fourth-order valence-corrected chi connectivity index (χ4v) is 3.10. The zero-order valence-corrected chi connectivity index (χ0v) is 13.7. The van der Waals surface area contributed by atoms with Crippen LogP contribution < -0.4 is 5.32 Å². The van der Waals surface area contributed by atoms with E-state index in [1.165, 1.54) is 6.42 Å². The number of carbonyl (C=O) groups is 1. The molecule has 2 fully saturated rings. The Morgan fingerprint density at radius 1 is 1.43 bits per heavy atom. The maximum Gasteiger partial charge on any atom is 0.410 e. The Morgan fingerprint density at radius 3 is 2.71 bits per heavy atom. The van der Waals surface area contributed by atoms with Crippen molar-refractivity contribution in [1.29, 1.82) is 0 Å². The second kappa shape index (κ2) is 6.53. The van der Waals surface area contributed by atoms with E-state index in [0.717, 1.165) is 51.9 Å². The number of aliphatic hydroxyl groups is 1. The fraction of sp³-hybridized carbons (Fsp3) is 0.938. The van der Waals surface area contributed by atoms with E-state index >= 15 is 0 Å². The molecule has 2 N–H and O–H groups in total. The van der Waals surface area contributed by atoms with E-state index in [4.69, 9.17) is 4.74 Å². The third kappa shape index (κ3) is 5.15. The second-order valence-electron chi connectivity index (χ2n) is 7.65. The van der Waals surface area contributed by atoms with Crippen molar-refractivity contribution in [2.24, 2.45) is 5.92 Å². The first-order valence-corrected chi connectivity index (χ1v) is 8.18. The third-order valence-corrected chi connectivity index (χ3v) is 4.33. The molecular weight excluding hydrogens is 268 g/mol. The molecule has 5 heteroatoms. The predicted molar refractivity (Wildman–Crippen MR) is 82.2 cm³/mol. The molecule has 1 atom stereocenters. The molecule has 2 aliphatic heterocycles. The van der Waals surface area contributed by atoms with E-state index in [1.807, 2.05) is 25.7 Å². The van der Waals surface area contributed by atoms with Crippen LogP contribution in [0.5, 0.6) is 0 Å². The lowest BCUT2D eigenvalue weighted by atomic mass is 9.86. The molecule has 0 radical (unpaired) electrons. The van der Waals surface area contributed by atoms with Gasteiger partial charge in [0.1, 0.15) is 5.60 Å². The van der Waals surface area contributed by atoms with Crippen molar-refractivity contribution in [3.63, 3.8) is 0 Å². The van der Waals surface area contributed by atoms with Gasteiger partial charge in [-0.3, -0.25) is 0 Å². The minimum Gasteiger partial charge on any atom is -0.444 e. The van der Waals surface area contributed by atoms with Crippen molar-refractivity contribution in [2.45, 2.75) is 64.1 Å². The van der Waals surface area contributed by atoms with Gasteiger partial charge in [0.05, 0.1) is 5.60 Å². The van der Waals surface area contributed by atoms with Gasteiger partial charge in [-0.1, -0.05) is 6.42 Å². The Labute approximate surface area is 128 Å². The van der Waals surface area contributed by atoms with Crippen LogP contribution in [0.25, 0.3) is 0 Å². The first-order valence-electron chi connectivity index (χ1n) is 8.18. The van der Waals surface area contributed by atoms with E-state index in [0.29, 0.717) is 5.92 Å². The van der Waals surface area contributed by atoms with Gasteiger partial charge in [0.25, 0.3) is 0 Å². The number of hydrogen-bond donors (Lipinski definition) is 2. The van der Waals surface area contributed by atoms with Crippen molar-refractivity contribution in [2.75, 3.05) is 26.2 Å². The number of nitrogens with zero attached hydrogens (tertiary/aromatic N) is 1. The maximum absolute atomic E-state index is 12.1. The lowest BCUT2D eigenvalue weighted by Gasteiger charge is -2.38. The number of amides is 1. The van der Waals surface area contributed by atoms with E-state index in [1.54, 1.807) is 0 Å². The average Bonchev–Trinajstić information content (AvgIpc) is 2.35. The molecule has 0 saturated carbocycles. The first-order chi connectivity index (χ1) is 9.77. The number of piperidine rings is 1. The van der Waals surface area contributed by atoms with Crippen LogP contribution in [0.15, 0.2) is 0 Å². The molecule has 2 heterocycles. The fourth-order valence-electron chi connectivity index (χ4n) is 3.10. The average molecular weight is 298 g/mol. The quantitative estimate of drug-likeness (QED) is 0.835. The summed E-state index contributed by atoms with van der Waals surface area (Å²) >= 11 is 0. The van der Waals surface area contributed by atoms with Crippen LogP contribution in [-0.2, 0) is 4.74 Å². The monoisotopic (exact) mass is 298 g/mol. The van der Waals surface area contributed by atoms with Crippen LogP contribution in [-0.4, -0.2) is 53.5 Å². The summed E-state index contributed by atoms with van der Waals surface area (Å²) in [6, 6.07) is 0. The molecule has 0 spiro atoms. The van der Waals surface area contributed by atoms with Gasteiger partial charge in [-0.05, 0) is 52.4 Å². The minimum absolute atomic E-state index is 0.186. The number of ether oxygens (including phenoxy) is 1. The SMILES string of the molecule is CC(C)(C)OC(=O)N1CCCC(CCCC2(O)CNC2)C1. The smallest absolute Gasteiger partial charge is 0.410 e. The highest BCUT2D eigenvalue weighted by molar-refractivity contribution is 5.68. The Hall–Kier alpha value is -0.810. The molecule has 1 amide bonds. The summed E-state index contributed by atoms with van der Waals surface area (Å²) in [5, 5.41) is 13.2. The number of hydrogen-bond acceptors (Lipinski definition) is 4. The van der Waals surface area contributed by atoms with Crippen LogP contribution in [0.4, 0.5) is 4.79 Å². The van der Waals surface area contributed by atoms with Gasteiger partial charge >= 0.3 is 6.09 Å². The second-order valence-corrected chi connectivity index (χ2v) is 7.65. The summed E-state index contributed by atoms with van der Waals surface area (Å²) in [6.45, 7) is 8.76. The van der Waals surface area contributed by atoms with Gasteiger partial charge in [0, 0.05) is 26.2 Å². The molecule has 21 heavy (non-hydrogen) atoms. The van der Waals surface area contributed by atoms with Crippen molar-refractivity contribution in [1.82, 2.24) is 10.2 Å². The third-order valence-electron chi connectivity index (χ3n) is 4.33. The van der Waals surface area contributed by atoms with Crippen molar-refractivity contribution in [3.8, 4) is 0 Å². The molecule has 0 aromatic carbocycles. The molecule has 5 nitrogen and oxygen atoms in total. The molecule has 2 saturated heterocycles. The molecule has 1 unspecified atom stereocenters. The lowest BCUT2D eigenvalue weighted by Crippen LogP contribution is -2.59. The summed E-state index contributed by atoms with van der Waals surface area (Å²) in [7, 11) is 0. The number of carbonyl (C=O) groups excluding carboxylic acids is 1. The van der Waals surface area contributed by atoms with Crippen LogP contribution in [0.3, 0.4) is 0 Å². The number of β-amino-alcohol motifs (C(OH)–C–C–N with tert-alkyl or cyclic N) is 1. The van der Waals surface area contributed by atoms with Gasteiger partial charge in [0.2, 0.25) is 0 Å². The highest BCUT2D eigenvalue weighted by Crippen LogP contribution is 2.26. The Bertz CT molecular complexity index is 361. The van der Waals surface area contributed by atoms with E-state index < -0.39 is 11.2 Å². The predicted octanol–water partition coefficient (Wildman–Crippen LogP) is 2.14. The first kappa shape index (κ1) is 16.6. The molecular formula is C16H30N2O3. The molecule has 2 aliphatic rings. The Morgan fingerprint density at radius 2 is 2.14 bits per heavy atom. The molecule has 2 rings (SSSR count). The molecule has 0 bridgehead atoms. The number of nitrogens with one attached hydrogen (secondary N) is 1. The summed E-state index contributed by atoms with van der Waals surface area (Å²) in [5.74, 6) is 0.544. The normalized spacial score (nSPS) is 25.3. The minimum atomic E-state index is -0.473. The van der Waals surface area contributed by atoms with Crippen LogP contribution in [0, 0.1) is 5.92 Å². The van der Waals surface area contributed by atoms with E-state index in [-0.39, 0.29) is 6.09 Å². The molecule has 122 valence electrons. The van der Waals surface area contributed by atoms with Gasteiger partial charge in [0.15, 0.2) is 0 Å². The number of rotatable bonds is 4. The maximum atomic E-state index is 12.1. The van der Waals surface area contributed by atoms with Crippen molar-refractivity contribution in [3.05, 3.63) is 0 Å². The Kier molecular flexibility index (Phi) is 5.15. The van der Waals surface area contributed by atoms with Gasteiger partial charge < -0.3 is 20.1 Å². The standard InChI is InChI=1S/C16H30N2O3/c1-15(2,3)21-14(19)18-9-5-7-13(10-18)6-4-8-16(20)11-17-12-16/h13,17,20H,4-12H2,1-3H3. The van der Waals surface area contributed by atoms with E-state index in [2.05, 4.69) is 5.32 Å². The van der Waals surface area contributed by atoms with Gasteiger partial charge in [-0.15, -0.1) is 0 Å². The summed E-state index contributed by atoms with van der Waals surface area (Å²) in [5.41, 5.74) is -0.899. The van der Waals surface area contributed by atoms with Gasteiger partial charge in [-0.25, -0.2) is 4.79 Å². The van der Waals surface area contributed by atoms with Crippen LogP contribution in [0.2, 0.25) is 0 Å². The highest BCUT2D eigenvalue weighted by atomic mass is 16.6. The molecule has 0 aromatic heterocycles. The topological polar surface area (TPSA) is 61.8 Å². The van der Waals surface area contributed by atoms with Crippen LogP contribution in [0.1, 0.15) is 52.9 Å². The van der Waals surface area contributed by atoms with Crippen molar-refractivity contribution < 1.29 is 14.6 Å². The van der Waals surface area contributed by atoms with Gasteiger partial charge in [-0.2, -0.15) is 0 Å². The summed E-state index contributed by atoms with van der Waals surface area (Å²) in [4.78, 5) is 13.9.